The zero-order valence-corrected chi connectivity index (χ0v) is 19.4. The molecule has 0 bridgehead atoms. The first kappa shape index (κ1) is 24.6. The molecule has 7 nitrogen and oxygen atoms in total. The van der Waals surface area contributed by atoms with Gasteiger partial charge in [-0.2, -0.15) is 0 Å². The molecular formula is C27H32O7. The monoisotopic (exact) mass is 468 g/mol. The molecule has 2 saturated heterocycles. The van der Waals surface area contributed by atoms with Gasteiger partial charge in [-0.05, 0) is 18.4 Å². The molecule has 2 aromatic carbocycles. The van der Waals surface area contributed by atoms with Crippen LogP contribution in [0, 0.1) is 0 Å². The Labute approximate surface area is 200 Å². The molecule has 7 heteroatoms. The van der Waals surface area contributed by atoms with Crippen LogP contribution < -0.4 is 0 Å². The van der Waals surface area contributed by atoms with Crippen molar-refractivity contribution in [3.63, 3.8) is 0 Å². The Kier molecular flexibility index (Phi) is 8.85. The Morgan fingerprint density at radius 3 is 2.47 bits per heavy atom. The van der Waals surface area contributed by atoms with Gasteiger partial charge in [-0.25, -0.2) is 0 Å². The maximum absolute atomic E-state index is 12.0. The number of hydrogen-bond donors (Lipinski definition) is 0. The number of esters is 1. The van der Waals surface area contributed by atoms with Crippen LogP contribution in [0.5, 0.6) is 0 Å². The lowest BCUT2D eigenvalue weighted by molar-refractivity contribution is -0.367. The summed E-state index contributed by atoms with van der Waals surface area (Å²) in [6.45, 7) is 6.17. The van der Waals surface area contributed by atoms with Crippen molar-refractivity contribution in [1.82, 2.24) is 0 Å². The molecule has 2 fully saturated rings. The van der Waals surface area contributed by atoms with Gasteiger partial charge < -0.3 is 28.4 Å². The van der Waals surface area contributed by atoms with E-state index >= 15 is 0 Å². The van der Waals surface area contributed by atoms with Crippen molar-refractivity contribution in [2.75, 3.05) is 13.2 Å². The summed E-state index contributed by atoms with van der Waals surface area (Å²) in [4.78, 5) is 12.0. The summed E-state index contributed by atoms with van der Waals surface area (Å²) in [5.74, 6) is -0.438. The largest absolute Gasteiger partial charge is 0.454 e. The summed E-state index contributed by atoms with van der Waals surface area (Å²) in [6.07, 6.45) is -0.282. The number of ether oxygens (including phenoxy) is 6. The number of rotatable bonds is 10. The second kappa shape index (κ2) is 12.2. The van der Waals surface area contributed by atoms with Crippen LogP contribution in [0.4, 0.5) is 0 Å². The maximum atomic E-state index is 12.0. The topological polar surface area (TPSA) is 72.5 Å². The van der Waals surface area contributed by atoms with Gasteiger partial charge in [0.05, 0.1) is 19.8 Å². The Hall–Kier alpha value is -2.55. The van der Waals surface area contributed by atoms with Gasteiger partial charge in [0.2, 0.25) is 0 Å². The molecule has 0 amide bonds. The third kappa shape index (κ3) is 6.31. The van der Waals surface area contributed by atoms with E-state index in [9.17, 15) is 4.79 Å². The highest BCUT2D eigenvalue weighted by molar-refractivity contribution is 5.66. The predicted molar refractivity (Wildman–Crippen MR) is 125 cm³/mol. The highest BCUT2D eigenvalue weighted by atomic mass is 16.8. The van der Waals surface area contributed by atoms with Gasteiger partial charge in [0.25, 0.3) is 0 Å². The number of unbranched alkanes of at least 4 members (excludes halogenated alkanes) is 1. The van der Waals surface area contributed by atoms with Gasteiger partial charge in [0.15, 0.2) is 18.7 Å². The summed E-state index contributed by atoms with van der Waals surface area (Å²) in [5, 5.41) is 0. The molecule has 2 heterocycles. The molecule has 0 N–H and O–H groups in total. The van der Waals surface area contributed by atoms with Gasteiger partial charge in [-0.1, -0.05) is 66.7 Å². The van der Waals surface area contributed by atoms with Crippen LogP contribution in [0.3, 0.4) is 0 Å². The van der Waals surface area contributed by atoms with Crippen molar-refractivity contribution in [2.24, 2.45) is 0 Å². The van der Waals surface area contributed by atoms with E-state index in [4.69, 9.17) is 28.4 Å². The Morgan fingerprint density at radius 1 is 1.03 bits per heavy atom. The molecule has 2 aromatic rings. The number of benzene rings is 2. The van der Waals surface area contributed by atoms with Crippen LogP contribution in [0.15, 0.2) is 73.3 Å². The van der Waals surface area contributed by atoms with Crippen molar-refractivity contribution in [1.29, 1.82) is 0 Å². The van der Waals surface area contributed by atoms with E-state index in [1.807, 2.05) is 66.7 Å². The molecule has 34 heavy (non-hydrogen) atoms. The van der Waals surface area contributed by atoms with Crippen LogP contribution in [0.25, 0.3) is 0 Å². The lowest BCUT2D eigenvalue weighted by Gasteiger charge is -2.48. The molecule has 4 unspecified atom stereocenters. The van der Waals surface area contributed by atoms with Crippen molar-refractivity contribution in [2.45, 2.75) is 63.4 Å². The van der Waals surface area contributed by atoms with E-state index in [1.54, 1.807) is 0 Å². The van der Waals surface area contributed by atoms with Gasteiger partial charge in [0, 0.05) is 12.5 Å². The quantitative estimate of drug-likeness (QED) is 0.292. The standard InChI is InChI=1S/C27H32O7/c1-3-4-11-16-29-27-25(32-19(2)28)24(30-17-20-12-7-5-8-13-20)23-22(33-27)18-31-26(34-23)21-14-9-6-10-15-21/h3,5-10,12-15,22-27H,1,4,11,16-18H2,2H3/t22?,23-,24?,25?,26?,27-/m1/s1. The van der Waals surface area contributed by atoms with Gasteiger partial charge in [-0.3, -0.25) is 4.79 Å². The Balaban J connectivity index is 1.56. The predicted octanol–water partition coefficient (Wildman–Crippen LogP) is 4.33. The second-order valence-electron chi connectivity index (χ2n) is 8.36. The van der Waals surface area contributed by atoms with E-state index < -0.39 is 43.0 Å². The summed E-state index contributed by atoms with van der Waals surface area (Å²) in [5.41, 5.74) is 1.90. The minimum absolute atomic E-state index is 0.300. The number of carbonyl (C=O) groups is 1. The van der Waals surface area contributed by atoms with E-state index in [-0.39, 0.29) is 0 Å². The molecule has 2 aliphatic rings. The number of fused-ring (bicyclic) bond motifs is 1. The first-order valence-electron chi connectivity index (χ1n) is 11.7. The fourth-order valence-corrected chi connectivity index (χ4v) is 4.16. The fourth-order valence-electron chi connectivity index (χ4n) is 4.16. The van der Waals surface area contributed by atoms with Crippen LogP contribution in [-0.2, 0) is 39.8 Å². The molecule has 182 valence electrons. The van der Waals surface area contributed by atoms with Crippen molar-refractivity contribution >= 4 is 5.97 Å². The van der Waals surface area contributed by atoms with E-state index in [0.717, 1.165) is 24.0 Å². The van der Waals surface area contributed by atoms with Crippen LogP contribution >= 0.6 is 0 Å². The molecule has 0 radical (unpaired) electrons. The zero-order valence-electron chi connectivity index (χ0n) is 19.4. The molecule has 0 saturated carbocycles. The first-order valence-corrected chi connectivity index (χ1v) is 11.7. The van der Waals surface area contributed by atoms with Gasteiger partial charge in [-0.15, -0.1) is 6.58 Å². The average molecular weight is 469 g/mol. The smallest absolute Gasteiger partial charge is 0.303 e. The van der Waals surface area contributed by atoms with Gasteiger partial charge >= 0.3 is 5.97 Å². The van der Waals surface area contributed by atoms with Crippen molar-refractivity contribution in [3.8, 4) is 0 Å². The number of allylic oxidation sites excluding steroid dienone is 1. The molecule has 4 rings (SSSR count). The minimum Gasteiger partial charge on any atom is -0.454 e. The molecule has 6 atom stereocenters. The van der Waals surface area contributed by atoms with Crippen LogP contribution in [0.2, 0.25) is 0 Å². The molecular weight excluding hydrogens is 436 g/mol. The first-order chi connectivity index (χ1) is 16.7. The summed E-state index contributed by atoms with van der Waals surface area (Å²) in [6, 6.07) is 19.5. The van der Waals surface area contributed by atoms with Crippen LogP contribution in [-0.4, -0.2) is 49.9 Å². The summed E-state index contributed by atoms with van der Waals surface area (Å²) in [7, 11) is 0. The van der Waals surface area contributed by atoms with Crippen molar-refractivity contribution in [3.05, 3.63) is 84.4 Å². The molecule has 0 spiro atoms. The Morgan fingerprint density at radius 2 is 1.76 bits per heavy atom. The summed E-state index contributed by atoms with van der Waals surface area (Å²) >= 11 is 0. The number of hydrogen-bond acceptors (Lipinski definition) is 7. The lowest BCUT2D eigenvalue weighted by Crippen LogP contribution is -2.64. The van der Waals surface area contributed by atoms with Gasteiger partial charge in [0.1, 0.15) is 18.3 Å². The zero-order chi connectivity index (χ0) is 23.8. The third-order valence-electron chi connectivity index (χ3n) is 5.78. The molecule has 0 aromatic heterocycles. The second-order valence-corrected chi connectivity index (χ2v) is 8.36. The van der Waals surface area contributed by atoms with Crippen molar-refractivity contribution < 1.29 is 33.2 Å². The van der Waals surface area contributed by atoms with E-state index in [0.29, 0.717) is 19.8 Å². The molecule has 0 aliphatic carbocycles. The number of carbonyl (C=O) groups excluding carboxylic acids is 1. The fraction of sp³-hybridized carbons (Fsp3) is 0.444. The normalized spacial score (nSPS) is 28.6. The van der Waals surface area contributed by atoms with E-state index in [2.05, 4.69) is 6.58 Å². The minimum atomic E-state index is -0.795. The lowest BCUT2D eigenvalue weighted by atomic mass is 9.97. The average Bonchev–Trinajstić information content (AvgIpc) is 2.86. The highest BCUT2D eigenvalue weighted by Crippen LogP contribution is 2.37. The highest BCUT2D eigenvalue weighted by Gasteiger charge is 2.52. The maximum Gasteiger partial charge on any atom is 0.303 e. The third-order valence-corrected chi connectivity index (χ3v) is 5.78. The van der Waals surface area contributed by atoms with E-state index in [1.165, 1.54) is 6.92 Å². The van der Waals surface area contributed by atoms with Crippen LogP contribution in [0.1, 0.15) is 37.2 Å². The molecule has 2 aliphatic heterocycles. The summed E-state index contributed by atoms with van der Waals surface area (Å²) < 4.78 is 36.6. The SMILES string of the molecule is C=CCCCO[C@@H]1OC2COC(c3ccccc3)O[C@H]2C(OCc2ccccc2)C1OC(C)=O. The Bertz CT molecular complexity index is 904.